The molecule has 0 spiro atoms. The van der Waals surface area contributed by atoms with Crippen molar-refractivity contribution in [1.82, 2.24) is 9.97 Å². The van der Waals surface area contributed by atoms with Gasteiger partial charge in [0.2, 0.25) is 0 Å². The molecule has 0 bridgehead atoms. The Morgan fingerprint density at radius 3 is 2.50 bits per heavy atom. The number of rotatable bonds is 5. The number of benzene rings is 3. The average Bonchev–Trinajstić information content (AvgIpc) is 2.92. The van der Waals surface area contributed by atoms with Gasteiger partial charge in [-0.05, 0) is 66.1 Å². The Morgan fingerprint density at radius 1 is 0.765 bits per heavy atom. The van der Waals surface area contributed by atoms with Crippen LogP contribution in [0.15, 0.2) is 103 Å². The molecule has 0 saturated carbocycles. The quantitative estimate of drug-likeness (QED) is 0.313. The van der Waals surface area contributed by atoms with Gasteiger partial charge in [0.1, 0.15) is 12.4 Å². The lowest BCUT2D eigenvalue weighted by Gasteiger charge is -2.31. The van der Waals surface area contributed by atoms with Crippen molar-refractivity contribution in [2.45, 2.75) is 19.6 Å². The topological polar surface area (TPSA) is 38.2 Å². The van der Waals surface area contributed by atoms with Crippen molar-refractivity contribution in [2.75, 3.05) is 11.4 Å². The molecular weight excluding hydrogens is 418 g/mol. The van der Waals surface area contributed by atoms with Gasteiger partial charge in [0.25, 0.3) is 0 Å². The van der Waals surface area contributed by atoms with Gasteiger partial charge in [-0.3, -0.25) is 4.98 Å². The molecule has 1 aliphatic heterocycles. The third-order valence-corrected chi connectivity index (χ3v) is 6.43. The molecule has 0 fully saturated rings. The van der Waals surface area contributed by atoms with Crippen molar-refractivity contribution in [3.05, 3.63) is 120 Å². The summed E-state index contributed by atoms with van der Waals surface area (Å²) in [4.78, 5) is 11.9. The molecule has 3 aromatic carbocycles. The maximum Gasteiger partial charge on any atom is 0.130 e. The van der Waals surface area contributed by atoms with E-state index in [2.05, 4.69) is 59.5 Å². The minimum Gasteiger partial charge on any atom is -0.487 e. The van der Waals surface area contributed by atoms with Gasteiger partial charge < -0.3 is 9.64 Å². The first-order valence-corrected chi connectivity index (χ1v) is 11.7. The minimum atomic E-state index is 0.437. The number of ether oxygens (including phenoxy) is 1. The van der Waals surface area contributed by atoms with E-state index in [1.54, 1.807) is 0 Å². The highest BCUT2D eigenvalue weighted by Crippen LogP contribution is 2.33. The van der Waals surface area contributed by atoms with Crippen LogP contribution in [0.4, 0.5) is 5.69 Å². The van der Waals surface area contributed by atoms with E-state index in [4.69, 9.17) is 14.7 Å². The molecule has 4 heteroatoms. The van der Waals surface area contributed by atoms with E-state index in [0.29, 0.717) is 6.61 Å². The number of aromatic nitrogens is 2. The third-order valence-electron chi connectivity index (χ3n) is 6.43. The van der Waals surface area contributed by atoms with E-state index in [-0.39, 0.29) is 0 Å². The zero-order chi connectivity index (χ0) is 22.7. The molecule has 1 aliphatic rings. The van der Waals surface area contributed by atoms with Crippen LogP contribution in [-0.2, 0) is 19.6 Å². The highest BCUT2D eigenvalue weighted by molar-refractivity contribution is 5.78. The summed E-state index contributed by atoms with van der Waals surface area (Å²) in [6.45, 7) is 2.34. The molecule has 0 unspecified atom stereocenters. The summed E-state index contributed by atoms with van der Waals surface area (Å²) in [5.41, 5.74) is 8.02. The standard InChI is InChI=1S/C30H25N3O/c1-2-8-25-20-33(19-17-22(25)6-1)29-10-5-18-31-30(29)24-12-15-27(16-13-24)34-21-26-14-11-23-7-3-4-9-28(23)32-26/h1-16,18H,17,19-21H2. The Balaban J connectivity index is 1.19. The van der Waals surface area contributed by atoms with Gasteiger partial charge in [-0.25, -0.2) is 4.98 Å². The molecule has 0 saturated heterocycles. The fourth-order valence-corrected chi connectivity index (χ4v) is 4.63. The number of fused-ring (bicyclic) bond motifs is 2. The monoisotopic (exact) mass is 443 g/mol. The second-order valence-electron chi connectivity index (χ2n) is 8.62. The summed E-state index contributed by atoms with van der Waals surface area (Å²) in [7, 11) is 0. The highest BCUT2D eigenvalue weighted by Gasteiger charge is 2.19. The Bertz CT molecular complexity index is 1450. The summed E-state index contributed by atoms with van der Waals surface area (Å²) in [5.74, 6) is 0.822. The van der Waals surface area contributed by atoms with Gasteiger partial charge in [-0.15, -0.1) is 0 Å². The van der Waals surface area contributed by atoms with Crippen molar-refractivity contribution in [3.63, 3.8) is 0 Å². The SMILES string of the molecule is c1ccc2c(c1)CCN(c1cccnc1-c1ccc(OCc3ccc4ccccc4n3)cc1)C2. The summed E-state index contributed by atoms with van der Waals surface area (Å²) >= 11 is 0. The fourth-order valence-electron chi connectivity index (χ4n) is 4.63. The number of pyridine rings is 2. The largest absolute Gasteiger partial charge is 0.487 e. The predicted octanol–water partition coefficient (Wildman–Crippen LogP) is 6.44. The number of hydrogen-bond acceptors (Lipinski definition) is 4. The summed E-state index contributed by atoms with van der Waals surface area (Å²) in [6, 6.07) is 33.4. The molecule has 0 aliphatic carbocycles. The second-order valence-corrected chi connectivity index (χ2v) is 8.62. The molecule has 0 radical (unpaired) electrons. The number of hydrogen-bond donors (Lipinski definition) is 0. The van der Waals surface area contributed by atoms with Crippen LogP contribution in [0.2, 0.25) is 0 Å². The van der Waals surface area contributed by atoms with Crippen molar-refractivity contribution in [2.24, 2.45) is 0 Å². The molecule has 3 heterocycles. The second kappa shape index (κ2) is 8.99. The first-order chi connectivity index (χ1) is 16.8. The number of para-hydroxylation sites is 1. The van der Waals surface area contributed by atoms with Gasteiger partial charge in [0, 0.05) is 30.2 Å². The Morgan fingerprint density at radius 2 is 1.59 bits per heavy atom. The van der Waals surface area contributed by atoms with Crippen LogP contribution in [0.1, 0.15) is 16.8 Å². The summed E-state index contributed by atoms with van der Waals surface area (Å²) < 4.78 is 6.02. The fraction of sp³-hybridized carbons (Fsp3) is 0.133. The van der Waals surface area contributed by atoms with Crippen molar-refractivity contribution in [1.29, 1.82) is 0 Å². The zero-order valence-electron chi connectivity index (χ0n) is 18.9. The lowest BCUT2D eigenvalue weighted by molar-refractivity contribution is 0.302. The van der Waals surface area contributed by atoms with Crippen LogP contribution in [0.25, 0.3) is 22.2 Å². The molecule has 34 heavy (non-hydrogen) atoms. The van der Waals surface area contributed by atoms with Gasteiger partial charge in [-0.2, -0.15) is 0 Å². The summed E-state index contributed by atoms with van der Waals surface area (Å²) in [6.07, 6.45) is 2.92. The predicted molar refractivity (Wildman–Crippen MR) is 137 cm³/mol. The van der Waals surface area contributed by atoms with E-state index in [1.165, 1.54) is 16.8 Å². The molecule has 0 atom stereocenters. The Hall–Kier alpha value is -4.18. The van der Waals surface area contributed by atoms with Crippen LogP contribution in [0.5, 0.6) is 5.75 Å². The molecular formula is C30H25N3O. The van der Waals surface area contributed by atoms with E-state index in [1.807, 2.05) is 48.7 Å². The van der Waals surface area contributed by atoms with E-state index < -0.39 is 0 Å². The third kappa shape index (κ3) is 4.11. The summed E-state index contributed by atoms with van der Waals surface area (Å²) in [5, 5.41) is 1.14. The van der Waals surface area contributed by atoms with E-state index in [9.17, 15) is 0 Å². The normalized spacial score (nSPS) is 13.0. The highest BCUT2D eigenvalue weighted by atomic mass is 16.5. The van der Waals surface area contributed by atoms with E-state index in [0.717, 1.165) is 53.1 Å². The maximum atomic E-state index is 6.02. The van der Waals surface area contributed by atoms with Gasteiger partial charge in [-0.1, -0.05) is 48.5 Å². The molecule has 4 nitrogen and oxygen atoms in total. The van der Waals surface area contributed by atoms with Crippen LogP contribution < -0.4 is 9.64 Å². The molecule has 5 aromatic rings. The van der Waals surface area contributed by atoms with Gasteiger partial charge >= 0.3 is 0 Å². The lowest BCUT2D eigenvalue weighted by atomic mass is 9.98. The average molecular weight is 444 g/mol. The smallest absolute Gasteiger partial charge is 0.130 e. The van der Waals surface area contributed by atoms with Crippen LogP contribution in [-0.4, -0.2) is 16.5 Å². The first kappa shape index (κ1) is 20.4. The maximum absolute atomic E-state index is 6.02. The molecule has 0 amide bonds. The first-order valence-electron chi connectivity index (χ1n) is 11.7. The number of nitrogens with zero attached hydrogens (tertiary/aromatic N) is 3. The Kier molecular flexibility index (Phi) is 5.40. The van der Waals surface area contributed by atoms with Crippen LogP contribution in [0, 0.1) is 0 Å². The van der Waals surface area contributed by atoms with Crippen molar-refractivity contribution < 1.29 is 4.74 Å². The van der Waals surface area contributed by atoms with Gasteiger partial charge in [0.05, 0.1) is 22.6 Å². The number of anilines is 1. The van der Waals surface area contributed by atoms with Crippen molar-refractivity contribution in [3.8, 4) is 17.0 Å². The molecule has 0 N–H and O–H groups in total. The van der Waals surface area contributed by atoms with Crippen LogP contribution in [0.3, 0.4) is 0 Å². The minimum absolute atomic E-state index is 0.437. The molecule has 166 valence electrons. The van der Waals surface area contributed by atoms with Crippen LogP contribution >= 0.6 is 0 Å². The molecule has 2 aromatic heterocycles. The zero-order valence-corrected chi connectivity index (χ0v) is 18.9. The van der Waals surface area contributed by atoms with E-state index >= 15 is 0 Å². The Labute approximate surface area is 199 Å². The lowest BCUT2D eigenvalue weighted by Crippen LogP contribution is -2.30. The van der Waals surface area contributed by atoms with Gasteiger partial charge in [0.15, 0.2) is 0 Å². The molecule has 6 rings (SSSR count). The van der Waals surface area contributed by atoms with Crippen molar-refractivity contribution >= 4 is 16.6 Å².